The second-order valence-electron chi connectivity index (χ2n) is 11.6. The van der Waals surface area contributed by atoms with Crippen molar-refractivity contribution in [1.82, 2.24) is 10.6 Å². The Labute approximate surface area is 254 Å². The number of aryl methyl sites for hydroxylation is 1. The first-order valence-corrected chi connectivity index (χ1v) is 15.4. The van der Waals surface area contributed by atoms with Crippen molar-refractivity contribution in [2.45, 2.75) is 57.3 Å². The molecule has 1 aliphatic heterocycles. The van der Waals surface area contributed by atoms with E-state index in [4.69, 9.17) is 26.7 Å². The normalized spacial score (nSPS) is 21.7. The third-order valence-electron chi connectivity index (χ3n) is 8.21. The number of nitrogens with two attached hydrogens (primary N) is 3. The number of nitrogens with one attached hydrogen (secondary N) is 2. The number of rotatable bonds is 7. The summed E-state index contributed by atoms with van der Waals surface area (Å²) in [7, 11) is 0. The highest BCUT2D eigenvalue weighted by atomic mass is 32.1. The number of amides is 1. The molecule has 10 heteroatoms. The third kappa shape index (κ3) is 5.04. The summed E-state index contributed by atoms with van der Waals surface area (Å²) in [6, 6.07) is 15.4. The quantitative estimate of drug-likeness (QED) is 0.193. The third-order valence-corrected chi connectivity index (χ3v) is 9.47. The van der Waals surface area contributed by atoms with Gasteiger partial charge in [-0.2, -0.15) is 0 Å². The molecule has 0 saturated carbocycles. The molecule has 3 atom stereocenters. The molecule has 4 aromatic rings. The lowest BCUT2D eigenvalue weighted by Gasteiger charge is -2.37. The van der Waals surface area contributed by atoms with Crippen molar-refractivity contribution in [3.63, 3.8) is 0 Å². The monoisotopic (exact) mass is 599 g/mol. The van der Waals surface area contributed by atoms with Gasteiger partial charge in [0.05, 0.1) is 21.7 Å². The lowest BCUT2D eigenvalue weighted by atomic mass is 9.69. The van der Waals surface area contributed by atoms with Gasteiger partial charge >= 0.3 is 0 Å². The topological polar surface area (TPSA) is 155 Å². The number of nitrogen functional groups attached to an aromatic ring is 1. The largest absolute Gasteiger partial charge is 0.487 e. The van der Waals surface area contributed by atoms with Crippen molar-refractivity contribution in [3.05, 3.63) is 81.7 Å². The van der Waals surface area contributed by atoms with Crippen LogP contribution in [0.15, 0.2) is 54.6 Å². The second kappa shape index (κ2) is 11.3. The van der Waals surface area contributed by atoms with E-state index in [1.54, 1.807) is 18.2 Å². The summed E-state index contributed by atoms with van der Waals surface area (Å²) in [4.78, 5) is 28.1. The molecule has 3 aromatic carbocycles. The number of ketones is 1. The molecule has 3 unspecified atom stereocenters. The number of hydrogen-bond acceptors (Lipinski definition) is 9. The van der Waals surface area contributed by atoms with E-state index in [-0.39, 0.29) is 23.8 Å². The maximum atomic E-state index is 14.2. The molecule has 43 heavy (non-hydrogen) atoms. The van der Waals surface area contributed by atoms with Gasteiger partial charge in [-0.1, -0.05) is 24.3 Å². The van der Waals surface area contributed by atoms with E-state index in [0.29, 0.717) is 61.1 Å². The Kier molecular flexibility index (Phi) is 7.64. The molecule has 1 fully saturated rings. The van der Waals surface area contributed by atoms with Gasteiger partial charge in [0.15, 0.2) is 17.3 Å². The minimum absolute atomic E-state index is 0.00637. The predicted molar refractivity (Wildman–Crippen MR) is 170 cm³/mol. The lowest BCUT2D eigenvalue weighted by molar-refractivity contribution is -0.124. The van der Waals surface area contributed by atoms with Crippen LogP contribution in [0.1, 0.15) is 64.7 Å². The van der Waals surface area contributed by atoms with Crippen molar-refractivity contribution in [2.75, 3.05) is 18.8 Å². The van der Waals surface area contributed by atoms with Crippen molar-refractivity contribution >= 4 is 38.8 Å². The van der Waals surface area contributed by atoms with Gasteiger partial charge in [0, 0.05) is 29.2 Å². The van der Waals surface area contributed by atoms with Gasteiger partial charge in [-0.25, -0.2) is 0 Å². The number of carbonyl (C=O) groups is 2. The minimum Gasteiger partial charge on any atom is -0.487 e. The minimum atomic E-state index is -1.55. The number of anilines is 1. The van der Waals surface area contributed by atoms with Crippen LogP contribution in [0.25, 0.3) is 10.1 Å². The molecule has 1 saturated heterocycles. The summed E-state index contributed by atoms with van der Waals surface area (Å²) in [5.41, 5.74) is 21.6. The molecule has 1 aromatic heterocycles. The maximum Gasteiger partial charge on any atom is 0.262 e. The van der Waals surface area contributed by atoms with Gasteiger partial charge < -0.3 is 37.3 Å². The van der Waals surface area contributed by atoms with Crippen molar-refractivity contribution in [1.29, 1.82) is 0 Å². The summed E-state index contributed by atoms with van der Waals surface area (Å²) in [5, 5.41) is 7.12. The van der Waals surface area contributed by atoms with Crippen molar-refractivity contribution in [3.8, 4) is 17.2 Å². The van der Waals surface area contributed by atoms with Crippen LogP contribution in [-0.2, 0) is 10.3 Å². The fraction of sp³-hybridized carbons (Fsp3) is 0.333. The van der Waals surface area contributed by atoms with E-state index in [1.165, 1.54) is 11.3 Å². The van der Waals surface area contributed by atoms with Crippen LogP contribution in [0.2, 0.25) is 0 Å². The molecule has 8 N–H and O–H groups in total. The highest BCUT2D eigenvalue weighted by Crippen LogP contribution is 2.50. The van der Waals surface area contributed by atoms with Gasteiger partial charge in [0.25, 0.3) is 5.91 Å². The summed E-state index contributed by atoms with van der Waals surface area (Å²) < 4.78 is 12.8. The maximum absolute atomic E-state index is 14.2. The second-order valence-corrected chi connectivity index (χ2v) is 12.6. The van der Waals surface area contributed by atoms with Crippen molar-refractivity contribution in [2.24, 2.45) is 11.5 Å². The van der Waals surface area contributed by atoms with E-state index in [2.05, 4.69) is 10.6 Å². The summed E-state index contributed by atoms with van der Waals surface area (Å²) in [5.74, 6) is 1.16. The zero-order valence-corrected chi connectivity index (χ0v) is 25.3. The summed E-state index contributed by atoms with van der Waals surface area (Å²) in [6.45, 7) is 7.44. The Morgan fingerprint density at radius 3 is 2.56 bits per heavy atom. The molecule has 1 aliphatic carbocycles. The average Bonchev–Trinajstić information content (AvgIpc) is 3.39. The van der Waals surface area contributed by atoms with E-state index in [9.17, 15) is 9.59 Å². The fourth-order valence-corrected chi connectivity index (χ4v) is 7.41. The number of benzene rings is 3. The average molecular weight is 600 g/mol. The molecular weight excluding hydrogens is 562 g/mol. The fourth-order valence-electron chi connectivity index (χ4n) is 6.21. The summed E-state index contributed by atoms with van der Waals surface area (Å²) >= 11 is 1.26. The van der Waals surface area contributed by atoms with Gasteiger partial charge in [-0.3, -0.25) is 9.59 Å². The Morgan fingerprint density at radius 1 is 1.12 bits per heavy atom. The van der Waals surface area contributed by atoms with E-state index in [1.807, 2.05) is 57.2 Å². The smallest absolute Gasteiger partial charge is 0.262 e. The predicted octanol–water partition coefficient (Wildman–Crippen LogP) is 4.64. The van der Waals surface area contributed by atoms with Gasteiger partial charge in [-0.15, -0.1) is 11.3 Å². The molecule has 1 amide bonds. The first kappa shape index (κ1) is 29.1. The highest BCUT2D eigenvalue weighted by molar-refractivity contribution is 7.21. The van der Waals surface area contributed by atoms with Gasteiger partial charge in [0.1, 0.15) is 11.3 Å². The van der Waals surface area contributed by atoms with Crippen LogP contribution in [0.3, 0.4) is 0 Å². The lowest BCUT2D eigenvalue weighted by Crippen LogP contribution is -2.53. The Balaban J connectivity index is 1.40. The summed E-state index contributed by atoms with van der Waals surface area (Å²) in [6.07, 6.45) is 1.86. The Hall–Kier alpha value is -3.96. The first-order chi connectivity index (χ1) is 20.6. The number of carbonyl (C=O) groups excluding carboxylic acids is 2. The van der Waals surface area contributed by atoms with Crippen LogP contribution in [-0.4, -0.2) is 36.9 Å². The Morgan fingerprint density at radius 2 is 1.86 bits per heavy atom. The zero-order chi connectivity index (χ0) is 30.5. The van der Waals surface area contributed by atoms with E-state index >= 15 is 0 Å². The van der Waals surface area contributed by atoms with Crippen LogP contribution in [0.5, 0.6) is 17.2 Å². The molecule has 0 bridgehead atoms. The molecular formula is C33H37N5O4S. The number of Topliss-reactive ketones (excluding diaryl/α,β-unsaturated/α-hetero) is 1. The number of hydrogen-bond donors (Lipinski definition) is 5. The molecule has 0 spiro atoms. The van der Waals surface area contributed by atoms with Crippen LogP contribution < -0.4 is 37.3 Å². The van der Waals surface area contributed by atoms with Crippen LogP contribution in [0, 0.1) is 6.92 Å². The zero-order valence-electron chi connectivity index (χ0n) is 24.5. The molecule has 2 heterocycles. The van der Waals surface area contributed by atoms with Gasteiger partial charge in [0.2, 0.25) is 0 Å². The van der Waals surface area contributed by atoms with E-state index in [0.717, 1.165) is 24.9 Å². The van der Waals surface area contributed by atoms with Gasteiger partial charge in [-0.05, 0) is 87.2 Å². The van der Waals surface area contributed by atoms with Crippen LogP contribution in [0.4, 0.5) is 5.69 Å². The van der Waals surface area contributed by atoms with Crippen LogP contribution >= 0.6 is 11.3 Å². The molecule has 0 radical (unpaired) electrons. The van der Waals surface area contributed by atoms with E-state index < -0.39 is 11.6 Å². The standard InChI is InChI=1S/C33H37N5O4S/c1-17(2)41-24-8-4-5-9-25(24)42-20-10-11-21(18(3)15-20)33(36)22-12-13-23(34)29-26(22)27(28(35)31(33)39)30(43-29)32(40)38-19-7-6-14-37-16-19/h4-5,8-13,15,17,19,28,37H,6-7,14,16,34-36H2,1-3H3,(H,38,40). The molecule has 2 aliphatic rings. The molecule has 224 valence electrons. The molecule has 6 rings (SSSR count). The first-order valence-electron chi connectivity index (χ1n) is 14.6. The number of thiophene rings is 1. The SMILES string of the molecule is Cc1cc(Oc2ccccc2OC(C)C)ccc1C1(N)C(=O)C(N)c2c(C(=O)NC3CCCNC3)sc3c(N)ccc1c23. The Bertz CT molecular complexity index is 1730. The molecule has 9 nitrogen and oxygen atoms in total. The van der Waals surface area contributed by atoms with Crippen molar-refractivity contribution < 1.29 is 19.1 Å². The number of para-hydroxylation sites is 2. The number of piperidine rings is 1. The highest BCUT2D eigenvalue weighted by Gasteiger charge is 2.49. The number of ether oxygens (including phenoxy) is 2.